The van der Waals surface area contributed by atoms with E-state index in [1.54, 1.807) is 29.3 Å². The van der Waals surface area contributed by atoms with E-state index < -0.39 is 0 Å². The summed E-state index contributed by atoms with van der Waals surface area (Å²) in [6.07, 6.45) is 4.99. The molecule has 0 atom stereocenters. The van der Waals surface area contributed by atoms with Gasteiger partial charge in [0, 0.05) is 27.9 Å². The van der Waals surface area contributed by atoms with E-state index in [-0.39, 0.29) is 0 Å². The first-order valence-corrected chi connectivity index (χ1v) is 11.3. The van der Waals surface area contributed by atoms with Gasteiger partial charge in [0.2, 0.25) is 5.89 Å². The number of benzene rings is 1. The Morgan fingerprint density at radius 2 is 2.04 bits per heavy atom. The largest absolute Gasteiger partial charge is 0.440 e. The van der Waals surface area contributed by atoms with Gasteiger partial charge in [0.05, 0.1) is 11.9 Å². The molecule has 4 aromatic rings. The normalized spacial score (nSPS) is 13.9. The van der Waals surface area contributed by atoms with Crippen LogP contribution in [-0.4, -0.2) is 19.7 Å². The van der Waals surface area contributed by atoms with E-state index in [2.05, 4.69) is 37.3 Å². The number of nitrogens with zero attached hydrogens (tertiary/aromatic N) is 4. The molecule has 0 spiro atoms. The van der Waals surface area contributed by atoms with Crippen molar-refractivity contribution >= 4 is 34.7 Å². The lowest BCUT2D eigenvalue weighted by atomic mass is 10.2. The number of rotatable bonds is 7. The van der Waals surface area contributed by atoms with Gasteiger partial charge in [-0.3, -0.25) is 0 Å². The summed E-state index contributed by atoms with van der Waals surface area (Å²) in [5, 5.41) is 12.7. The molecule has 0 bridgehead atoms. The van der Waals surface area contributed by atoms with Gasteiger partial charge in [-0.15, -0.1) is 21.5 Å². The van der Waals surface area contributed by atoms with Crippen LogP contribution in [0.1, 0.15) is 35.5 Å². The monoisotopic (exact) mass is 428 g/mol. The van der Waals surface area contributed by atoms with Gasteiger partial charge in [-0.25, -0.2) is 4.98 Å². The maximum atomic E-state index is 5.95. The average molecular weight is 429 g/mol. The van der Waals surface area contributed by atoms with Gasteiger partial charge >= 0.3 is 0 Å². The second-order valence-corrected chi connectivity index (χ2v) is 9.08. The van der Waals surface area contributed by atoms with Crippen molar-refractivity contribution < 1.29 is 4.42 Å². The van der Waals surface area contributed by atoms with Gasteiger partial charge in [-0.2, -0.15) is 0 Å². The lowest BCUT2D eigenvalue weighted by Gasteiger charge is -2.07. The minimum Gasteiger partial charge on any atom is -0.440 e. The van der Waals surface area contributed by atoms with Crippen molar-refractivity contribution in [2.24, 2.45) is 0 Å². The Labute approximate surface area is 175 Å². The third-order valence-corrected chi connectivity index (χ3v) is 6.62. The SMILES string of the molecule is Clc1ccc(-c2cnc(CSc3nnc(Cc4cccs4)n3C3CC3)o2)cc1. The highest BCUT2D eigenvalue weighted by Crippen LogP contribution is 2.40. The topological polar surface area (TPSA) is 56.7 Å². The third-order valence-electron chi connectivity index (χ3n) is 4.57. The molecule has 1 aromatic carbocycles. The number of thioether (sulfide) groups is 1. The molecule has 1 aliphatic rings. The predicted molar refractivity (Wildman–Crippen MR) is 112 cm³/mol. The van der Waals surface area contributed by atoms with Crippen molar-refractivity contribution in [3.63, 3.8) is 0 Å². The fourth-order valence-corrected chi connectivity index (χ4v) is 4.75. The van der Waals surface area contributed by atoms with E-state index in [0.717, 1.165) is 28.7 Å². The minimum atomic E-state index is 0.529. The van der Waals surface area contributed by atoms with E-state index in [1.165, 1.54) is 17.7 Å². The zero-order valence-corrected chi connectivity index (χ0v) is 17.3. The van der Waals surface area contributed by atoms with E-state index in [0.29, 0.717) is 22.7 Å². The van der Waals surface area contributed by atoms with Crippen molar-refractivity contribution in [3.8, 4) is 11.3 Å². The lowest BCUT2D eigenvalue weighted by Crippen LogP contribution is -2.03. The minimum absolute atomic E-state index is 0.529. The number of thiophene rings is 1. The van der Waals surface area contributed by atoms with Crippen LogP contribution in [0.2, 0.25) is 5.02 Å². The Morgan fingerprint density at radius 1 is 1.18 bits per heavy atom. The molecule has 3 heterocycles. The Kier molecular flexibility index (Phi) is 4.96. The zero-order chi connectivity index (χ0) is 18.9. The number of halogens is 1. The summed E-state index contributed by atoms with van der Waals surface area (Å²) in [6.45, 7) is 0. The van der Waals surface area contributed by atoms with Crippen molar-refractivity contribution in [2.75, 3.05) is 0 Å². The second-order valence-electron chi connectivity index (χ2n) is 6.67. The van der Waals surface area contributed by atoms with E-state index >= 15 is 0 Å². The van der Waals surface area contributed by atoms with Crippen molar-refractivity contribution in [1.29, 1.82) is 0 Å². The molecular formula is C20H17ClN4OS2. The van der Waals surface area contributed by atoms with Crippen molar-refractivity contribution in [2.45, 2.75) is 36.2 Å². The first-order valence-electron chi connectivity index (χ1n) is 9.06. The molecule has 5 nitrogen and oxygen atoms in total. The molecule has 0 unspecified atom stereocenters. The number of hydrogen-bond donors (Lipinski definition) is 0. The molecular weight excluding hydrogens is 412 g/mol. The Hall–Kier alpha value is -2.09. The second kappa shape index (κ2) is 7.73. The fourth-order valence-electron chi connectivity index (χ4n) is 3.05. The summed E-state index contributed by atoms with van der Waals surface area (Å²) in [5.74, 6) is 3.09. The number of hydrogen-bond acceptors (Lipinski definition) is 6. The molecule has 1 saturated carbocycles. The van der Waals surface area contributed by atoms with E-state index in [9.17, 15) is 0 Å². The molecule has 28 heavy (non-hydrogen) atoms. The molecule has 0 saturated heterocycles. The molecule has 0 aliphatic heterocycles. The summed E-state index contributed by atoms with van der Waals surface area (Å²) in [5.41, 5.74) is 0.965. The maximum absolute atomic E-state index is 5.95. The third kappa shape index (κ3) is 3.87. The van der Waals surface area contributed by atoms with Gasteiger partial charge < -0.3 is 8.98 Å². The van der Waals surface area contributed by atoms with E-state index in [1.807, 2.05) is 24.3 Å². The van der Waals surface area contributed by atoms with Crippen LogP contribution in [0.25, 0.3) is 11.3 Å². The van der Waals surface area contributed by atoms with Crippen molar-refractivity contribution in [3.05, 3.63) is 69.6 Å². The van der Waals surface area contributed by atoms with Gasteiger partial charge in [0.1, 0.15) is 5.82 Å². The van der Waals surface area contributed by atoms with Gasteiger partial charge in [-0.05, 0) is 48.6 Å². The predicted octanol–water partition coefficient (Wildman–Crippen LogP) is 5.87. The van der Waals surface area contributed by atoms with Crippen LogP contribution in [0.15, 0.2) is 57.5 Å². The first-order chi connectivity index (χ1) is 13.8. The highest BCUT2D eigenvalue weighted by atomic mass is 35.5. The Bertz CT molecular complexity index is 1070. The Balaban J connectivity index is 1.30. The highest BCUT2D eigenvalue weighted by molar-refractivity contribution is 7.98. The molecule has 1 aliphatic carbocycles. The molecule has 5 rings (SSSR count). The van der Waals surface area contributed by atoms with Crippen LogP contribution >= 0.6 is 34.7 Å². The van der Waals surface area contributed by atoms with Gasteiger partial charge in [0.15, 0.2) is 10.9 Å². The van der Waals surface area contributed by atoms with Crippen LogP contribution in [-0.2, 0) is 12.2 Å². The zero-order valence-electron chi connectivity index (χ0n) is 14.9. The van der Waals surface area contributed by atoms with Crippen molar-refractivity contribution in [1.82, 2.24) is 19.7 Å². The molecule has 142 valence electrons. The quantitative estimate of drug-likeness (QED) is 0.345. The molecule has 0 amide bonds. The van der Waals surface area contributed by atoms with Crippen LogP contribution < -0.4 is 0 Å². The van der Waals surface area contributed by atoms with Crippen LogP contribution in [0.5, 0.6) is 0 Å². The summed E-state index contributed by atoms with van der Waals surface area (Å²) in [4.78, 5) is 5.72. The van der Waals surface area contributed by atoms with Gasteiger partial charge in [0.25, 0.3) is 0 Å². The summed E-state index contributed by atoms with van der Waals surface area (Å²) >= 11 is 9.34. The van der Waals surface area contributed by atoms with E-state index in [4.69, 9.17) is 16.0 Å². The smallest absolute Gasteiger partial charge is 0.205 e. The average Bonchev–Trinajstić information content (AvgIpc) is 3.11. The van der Waals surface area contributed by atoms with Crippen LogP contribution in [0.3, 0.4) is 0 Å². The maximum Gasteiger partial charge on any atom is 0.205 e. The molecule has 1 fully saturated rings. The summed E-state index contributed by atoms with van der Waals surface area (Å²) in [7, 11) is 0. The number of oxazole rings is 1. The highest BCUT2D eigenvalue weighted by Gasteiger charge is 2.29. The standard InChI is InChI=1S/C20H17ClN4OS2/c21-14-5-3-13(4-6-14)17-11-22-19(26-17)12-28-20-24-23-18(25(20)15-7-8-15)10-16-2-1-9-27-16/h1-6,9,11,15H,7-8,10,12H2. The number of aromatic nitrogens is 4. The molecule has 8 heteroatoms. The van der Waals surface area contributed by atoms with Crippen LogP contribution in [0, 0.1) is 0 Å². The molecule has 0 N–H and O–H groups in total. The first kappa shape index (κ1) is 18.0. The molecule has 0 radical (unpaired) electrons. The summed E-state index contributed by atoms with van der Waals surface area (Å²) < 4.78 is 8.21. The van der Waals surface area contributed by atoms with Gasteiger partial charge in [-0.1, -0.05) is 29.4 Å². The summed E-state index contributed by atoms with van der Waals surface area (Å²) in [6, 6.07) is 12.3. The molecule has 3 aromatic heterocycles. The fraction of sp³-hybridized carbons (Fsp3) is 0.250. The Morgan fingerprint density at radius 3 is 2.79 bits per heavy atom. The van der Waals surface area contributed by atoms with Crippen LogP contribution in [0.4, 0.5) is 0 Å². The lowest BCUT2D eigenvalue weighted by molar-refractivity contribution is 0.529.